The summed E-state index contributed by atoms with van der Waals surface area (Å²) >= 11 is 1.66. The number of rotatable bonds is 7. The van der Waals surface area contributed by atoms with Gasteiger partial charge in [-0.15, -0.1) is 11.3 Å². The molecule has 8 heteroatoms. The predicted molar refractivity (Wildman–Crippen MR) is 121 cm³/mol. The van der Waals surface area contributed by atoms with Gasteiger partial charge < -0.3 is 10.2 Å². The number of amides is 1. The second-order valence-electron chi connectivity index (χ2n) is 8.50. The van der Waals surface area contributed by atoms with Crippen LogP contribution in [0.4, 0.5) is 0 Å². The van der Waals surface area contributed by atoms with Gasteiger partial charge in [0.05, 0.1) is 10.9 Å². The van der Waals surface area contributed by atoms with Gasteiger partial charge in [0.2, 0.25) is 10.0 Å². The van der Waals surface area contributed by atoms with E-state index < -0.39 is 10.0 Å². The van der Waals surface area contributed by atoms with Crippen LogP contribution in [0.2, 0.25) is 0 Å². The molecule has 2 aromatic rings. The van der Waals surface area contributed by atoms with Crippen LogP contribution < -0.4 is 5.32 Å². The first-order chi connectivity index (χ1) is 14.2. The number of sulfonamides is 1. The molecule has 0 spiro atoms. The van der Waals surface area contributed by atoms with Gasteiger partial charge >= 0.3 is 0 Å². The van der Waals surface area contributed by atoms with Crippen molar-refractivity contribution in [2.45, 2.75) is 31.2 Å². The minimum absolute atomic E-state index is 0.0941. The normalized spacial score (nSPS) is 21.5. The molecule has 1 fully saturated rings. The summed E-state index contributed by atoms with van der Waals surface area (Å²) in [6.45, 7) is 5.74. The highest BCUT2D eigenvalue weighted by atomic mass is 32.2. The van der Waals surface area contributed by atoms with Gasteiger partial charge in [-0.2, -0.15) is 4.31 Å². The van der Waals surface area contributed by atoms with E-state index in [2.05, 4.69) is 30.1 Å². The van der Waals surface area contributed by atoms with E-state index in [0.717, 1.165) is 6.42 Å². The second kappa shape index (κ2) is 9.60. The molecule has 1 N–H and O–H groups in total. The second-order valence-corrected chi connectivity index (χ2v) is 11.4. The lowest BCUT2D eigenvalue weighted by molar-refractivity contribution is 0.0942. The third-order valence-electron chi connectivity index (χ3n) is 5.54. The Labute approximate surface area is 183 Å². The van der Waals surface area contributed by atoms with Crippen LogP contribution in [0.1, 0.15) is 41.5 Å². The zero-order chi connectivity index (χ0) is 21.9. The molecule has 2 heterocycles. The minimum Gasteiger partial charge on any atom is -0.350 e. The Balaban J connectivity index is 1.66. The quantitative estimate of drug-likeness (QED) is 0.703. The number of likely N-dealkylation sites (N-methyl/N-ethyl adjacent to an activating group) is 1. The SMILES string of the molecule is C[C@@H]1C[C@H](C)CN(S(=O)(=O)c2ccc(C(=O)NC[C@@H](c3cccs3)N(C)C)cc2)C1. The summed E-state index contributed by atoms with van der Waals surface area (Å²) in [7, 11) is 0.429. The van der Waals surface area contributed by atoms with Gasteiger partial charge in [-0.05, 0) is 68.1 Å². The summed E-state index contributed by atoms with van der Waals surface area (Å²) < 4.78 is 27.6. The first kappa shape index (κ1) is 22.9. The number of hydrogen-bond acceptors (Lipinski definition) is 5. The Hall–Kier alpha value is -1.74. The third kappa shape index (κ3) is 5.29. The van der Waals surface area contributed by atoms with Crippen LogP contribution in [0.5, 0.6) is 0 Å². The highest BCUT2D eigenvalue weighted by Crippen LogP contribution is 2.27. The molecular weight excluding hydrogens is 418 g/mol. The summed E-state index contributed by atoms with van der Waals surface area (Å²) in [4.78, 5) is 16.1. The standard InChI is InChI=1S/C22H31N3O3S2/c1-16-12-17(2)15-25(14-16)30(27,28)19-9-7-18(8-10-19)22(26)23-13-20(24(3)4)21-6-5-11-29-21/h5-11,16-17,20H,12-15H2,1-4H3,(H,23,26)/t16-,17+,20-/m0/s1. The lowest BCUT2D eigenvalue weighted by Gasteiger charge is -2.34. The smallest absolute Gasteiger partial charge is 0.251 e. The molecule has 1 aromatic heterocycles. The number of nitrogens with one attached hydrogen (secondary N) is 1. The maximum absolute atomic E-state index is 13.0. The molecule has 1 amide bonds. The Bertz CT molecular complexity index is 931. The van der Waals surface area contributed by atoms with Crippen LogP contribution >= 0.6 is 11.3 Å². The van der Waals surface area contributed by atoms with Crippen molar-refractivity contribution in [1.82, 2.24) is 14.5 Å². The number of piperidine rings is 1. The Morgan fingerprint density at radius 1 is 1.17 bits per heavy atom. The van der Waals surface area contributed by atoms with Gasteiger partial charge in [0, 0.05) is 30.1 Å². The van der Waals surface area contributed by atoms with E-state index in [1.165, 1.54) is 17.0 Å². The van der Waals surface area contributed by atoms with Crippen molar-refractivity contribution < 1.29 is 13.2 Å². The fourth-order valence-corrected chi connectivity index (χ4v) is 6.64. The van der Waals surface area contributed by atoms with E-state index in [9.17, 15) is 13.2 Å². The van der Waals surface area contributed by atoms with E-state index in [1.54, 1.807) is 27.8 Å². The maximum Gasteiger partial charge on any atom is 0.251 e. The van der Waals surface area contributed by atoms with E-state index in [4.69, 9.17) is 0 Å². The fourth-order valence-electron chi connectivity index (χ4n) is 4.04. The maximum atomic E-state index is 13.0. The van der Waals surface area contributed by atoms with Crippen molar-refractivity contribution in [2.24, 2.45) is 11.8 Å². The first-order valence-electron chi connectivity index (χ1n) is 10.3. The van der Waals surface area contributed by atoms with Crippen molar-refractivity contribution in [3.63, 3.8) is 0 Å². The lowest BCUT2D eigenvalue weighted by atomic mass is 9.94. The van der Waals surface area contributed by atoms with Crippen molar-refractivity contribution >= 4 is 27.3 Å². The lowest BCUT2D eigenvalue weighted by Crippen LogP contribution is -2.42. The molecule has 30 heavy (non-hydrogen) atoms. The third-order valence-corrected chi connectivity index (χ3v) is 8.36. The Kier molecular flexibility index (Phi) is 7.34. The molecule has 0 bridgehead atoms. The van der Waals surface area contributed by atoms with Crippen LogP contribution in [-0.2, 0) is 10.0 Å². The van der Waals surface area contributed by atoms with Gasteiger partial charge in [-0.1, -0.05) is 19.9 Å². The molecule has 164 valence electrons. The Morgan fingerprint density at radius 3 is 2.33 bits per heavy atom. The highest BCUT2D eigenvalue weighted by molar-refractivity contribution is 7.89. The number of carbonyl (C=O) groups is 1. The number of benzene rings is 1. The van der Waals surface area contributed by atoms with Crippen LogP contribution in [0.3, 0.4) is 0 Å². The van der Waals surface area contributed by atoms with Crippen molar-refractivity contribution in [1.29, 1.82) is 0 Å². The van der Waals surface area contributed by atoms with Crippen molar-refractivity contribution in [2.75, 3.05) is 33.7 Å². The molecule has 0 unspecified atom stereocenters. The minimum atomic E-state index is -3.54. The zero-order valence-corrected chi connectivity index (χ0v) is 19.7. The molecule has 6 nitrogen and oxygen atoms in total. The zero-order valence-electron chi connectivity index (χ0n) is 18.0. The topological polar surface area (TPSA) is 69.7 Å². The Morgan fingerprint density at radius 2 is 1.80 bits per heavy atom. The summed E-state index contributed by atoms with van der Waals surface area (Å²) in [5.74, 6) is 0.491. The van der Waals surface area contributed by atoms with E-state index in [0.29, 0.717) is 37.0 Å². The first-order valence-corrected chi connectivity index (χ1v) is 12.6. The molecule has 0 saturated carbocycles. The molecule has 0 aliphatic carbocycles. The van der Waals surface area contributed by atoms with Gasteiger partial charge in [-0.25, -0.2) is 8.42 Å². The number of carbonyl (C=O) groups excluding carboxylic acids is 1. The molecule has 3 rings (SSSR count). The summed E-state index contributed by atoms with van der Waals surface area (Å²) in [5.41, 5.74) is 0.456. The molecule has 1 aliphatic heterocycles. The van der Waals surface area contributed by atoms with Crippen LogP contribution in [-0.4, -0.2) is 57.3 Å². The fraction of sp³-hybridized carbons (Fsp3) is 0.500. The molecule has 0 radical (unpaired) electrons. The van der Waals surface area contributed by atoms with Gasteiger partial charge in [-0.3, -0.25) is 4.79 Å². The van der Waals surface area contributed by atoms with Crippen LogP contribution in [0, 0.1) is 11.8 Å². The molecule has 1 aromatic carbocycles. The summed E-state index contributed by atoms with van der Waals surface area (Å²) in [5, 5.41) is 4.99. The van der Waals surface area contributed by atoms with Crippen LogP contribution in [0.25, 0.3) is 0 Å². The average molecular weight is 450 g/mol. The van der Waals surface area contributed by atoms with Gasteiger partial charge in [0.25, 0.3) is 5.91 Å². The van der Waals surface area contributed by atoms with Gasteiger partial charge in [0.15, 0.2) is 0 Å². The van der Waals surface area contributed by atoms with E-state index >= 15 is 0 Å². The van der Waals surface area contributed by atoms with Crippen molar-refractivity contribution in [3.05, 3.63) is 52.2 Å². The van der Waals surface area contributed by atoms with E-state index in [1.807, 2.05) is 25.5 Å². The molecule has 1 saturated heterocycles. The number of hydrogen-bond donors (Lipinski definition) is 1. The predicted octanol–water partition coefficient (Wildman–Crippen LogP) is 3.45. The monoisotopic (exact) mass is 449 g/mol. The summed E-state index contributed by atoms with van der Waals surface area (Å²) in [6.07, 6.45) is 1.05. The van der Waals surface area contributed by atoms with Crippen molar-refractivity contribution in [3.8, 4) is 0 Å². The number of thiophene rings is 1. The number of nitrogens with zero attached hydrogens (tertiary/aromatic N) is 2. The van der Waals surface area contributed by atoms with E-state index in [-0.39, 0.29) is 16.8 Å². The molecular formula is C22H31N3O3S2. The highest BCUT2D eigenvalue weighted by Gasteiger charge is 2.31. The van der Waals surface area contributed by atoms with Gasteiger partial charge in [0.1, 0.15) is 0 Å². The summed E-state index contributed by atoms with van der Waals surface area (Å²) in [6, 6.07) is 10.4. The largest absolute Gasteiger partial charge is 0.350 e. The van der Waals surface area contributed by atoms with Crippen LogP contribution in [0.15, 0.2) is 46.7 Å². The average Bonchev–Trinajstić information content (AvgIpc) is 3.21. The molecule has 3 atom stereocenters. The molecule has 1 aliphatic rings.